The van der Waals surface area contributed by atoms with Crippen molar-refractivity contribution in [3.05, 3.63) is 29.8 Å². The van der Waals surface area contributed by atoms with Gasteiger partial charge in [0.1, 0.15) is 0 Å². The molecule has 134 valence electrons. The lowest BCUT2D eigenvalue weighted by atomic mass is 10.0. The number of carbonyl (C=O) groups excluding carboxylic acids is 1. The van der Waals surface area contributed by atoms with Crippen molar-refractivity contribution >= 4 is 16.1 Å². The number of hydrogen-bond donors (Lipinski definition) is 0. The highest BCUT2D eigenvalue weighted by Crippen LogP contribution is 2.21. The van der Waals surface area contributed by atoms with Crippen molar-refractivity contribution in [1.29, 1.82) is 0 Å². The normalized spacial score (nSPS) is 16.9. The van der Waals surface area contributed by atoms with E-state index in [2.05, 4.69) is 13.8 Å². The summed E-state index contributed by atoms with van der Waals surface area (Å²) < 4.78 is 32.1. The van der Waals surface area contributed by atoms with Gasteiger partial charge in [-0.25, -0.2) is 13.2 Å². The molecule has 7 heteroatoms. The zero-order valence-electron chi connectivity index (χ0n) is 14.6. The molecule has 1 aliphatic rings. The largest absolute Gasteiger partial charge is 0.450 e. The van der Waals surface area contributed by atoms with Crippen LogP contribution in [-0.4, -0.2) is 56.5 Å². The monoisotopic (exact) mass is 354 g/mol. The summed E-state index contributed by atoms with van der Waals surface area (Å²) in [5.74, 6) is 0.359. The average molecular weight is 354 g/mol. The molecule has 0 bridgehead atoms. The van der Waals surface area contributed by atoms with Crippen molar-refractivity contribution in [2.24, 2.45) is 0 Å². The van der Waals surface area contributed by atoms with Gasteiger partial charge in [-0.2, -0.15) is 4.31 Å². The second kappa shape index (κ2) is 7.98. The predicted octanol–water partition coefficient (Wildman–Crippen LogP) is 2.66. The fraction of sp³-hybridized carbons (Fsp3) is 0.588. The third kappa shape index (κ3) is 4.27. The SMILES string of the molecule is CCOC(=O)N1CCCN(S(=O)(=O)c2ccc(C(C)C)cc2)CC1. The highest BCUT2D eigenvalue weighted by Gasteiger charge is 2.28. The van der Waals surface area contributed by atoms with E-state index in [1.165, 1.54) is 4.31 Å². The molecule has 1 saturated heterocycles. The Morgan fingerprint density at radius 1 is 1.12 bits per heavy atom. The molecular formula is C17H26N2O4S. The predicted molar refractivity (Wildman–Crippen MR) is 92.5 cm³/mol. The Morgan fingerprint density at radius 2 is 1.79 bits per heavy atom. The van der Waals surface area contributed by atoms with Gasteiger partial charge < -0.3 is 9.64 Å². The number of amides is 1. The quantitative estimate of drug-likeness (QED) is 0.834. The van der Waals surface area contributed by atoms with E-state index < -0.39 is 10.0 Å². The Bertz CT molecular complexity index is 656. The molecule has 24 heavy (non-hydrogen) atoms. The second-order valence-electron chi connectivity index (χ2n) is 6.17. The summed E-state index contributed by atoms with van der Waals surface area (Å²) in [6.07, 6.45) is 0.223. The highest BCUT2D eigenvalue weighted by atomic mass is 32.2. The molecule has 0 radical (unpaired) electrons. The fourth-order valence-electron chi connectivity index (χ4n) is 2.71. The molecule has 0 N–H and O–H groups in total. The number of rotatable bonds is 4. The summed E-state index contributed by atoms with van der Waals surface area (Å²) in [7, 11) is -3.53. The molecule has 2 rings (SSSR count). The zero-order chi connectivity index (χ0) is 17.7. The summed E-state index contributed by atoms with van der Waals surface area (Å²) in [6.45, 7) is 7.77. The van der Waals surface area contributed by atoms with Crippen LogP contribution in [0.15, 0.2) is 29.2 Å². The molecule has 0 spiro atoms. The second-order valence-corrected chi connectivity index (χ2v) is 8.11. The lowest BCUT2D eigenvalue weighted by Gasteiger charge is -2.21. The Balaban J connectivity index is 2.10. The van der Waals surface area contributed by atoms with E-state index in [0.29, 0.717) is 43.5 Å². The molecule has 6 nitrogen and oxygen atoms in total. The number of sulfonamides is 1. The van der Waals surface area contributed by atoms with E-state index in [-0.39, 0.29) is 12.6 Å². The minimum absolute atomic E-state index is 0.285. The summed E-state index contributed by atoms with van der Waals surface area (Å²) in [6, 6.07) is 7.05. The molecule has 1 amide bonds. The van der Waals surface area contributed by atoms with Crippen molar-refractivity contribution in [3.8, 4) is 0 Å². The number of ether oxygens (including phenoxy) is 1. The van der Waals surface area contributed by atoms with E-state index in [4.69, 9.17) is 4.74 Å². The van der Waals surface area contributed by atoms with Crippen LogP contribution in [0.3, 0.4) is 0 Å². The molecule has 0 unspecified atom stereocenters. The van der Waals surface area contributed by atoms with Gasteiger partial charge in [-0.1, -0.05) is 26.0 Å². The Hall–Kier alpha value is -1.60. The smallest absolute Gasteiger partial charge is 0.409 e. The van der Waals surface area contributed by atoms with Gasteiger partial charge in [0.2, 0.25) is 10.0 Å². The van der Waals surface area contributed by atoms with Crippen molar-refractivity contribution in [2.75, 3.05) is 32.8 Å². The average Bonchev–Trinajstić information content (AvgIpc) is 2.81. The van der Waals surface area contributed by atoms with Crippen LogP contribution in [0.25, 0.3) is 0 Å². The van der Waals surface area contributed by atoms with E-state index in [1.807, 2.05) is 12.1 Å². The maximum atomic E-state index is 12.8. The minimum Gasteiger partial charge on any atom is -0.450 e. The van der Waals surface area contributed by atoms with Crippen LogP contribution in [0.4, 0.5) is 4.79 Å². The van der Waals surface area contributed by atoms with Crippen LogP contribution in [0.1, 0.15) is 38.7 Å². The highest BCUT2D eigenvalue weighted by molar-refractivity contribution is 7.89. The van der Waals surface area contributed by atoms with Crippen LogP contribution >= 0.6 is 0 Å². The number of hydrogen-bond acceptors (Lipinski definition) is 4. The maximum absolute atomic E-state index is 12.8. The van der Waals surface area contributed by atoms with Crippen molar-refractivity contribution in [3.63, 3.8) is 0 Å². The van der Waals surface area contributed by atoms with Crippen LogP contribution in [0.2, 0.25) is 0 Å². The van der Waals surface area contributed by atoms with Gasteiger partial charge in [0.05, 0.1) is 11.5 Å². The molecule has 0 saturated carbocycles. The summed E-state index contributed by atoms with van der Waals surface area (Å²) in [5.41, 5.74) is 1.11. The van der Waals surface area contributed by atoms with Crippen LogP contribution in [0, 0.1) is 0 Å². The summed E-state index contributed by atoms with van der Waals surface area (Å²) in [4.78, 5) is 13.7. The summed E-state index contributed by atoms with van der Waals surface area (Å²) in [5, 5.41) is 0. The van der Waals surface area contributed by atoms with Crippen molar-refractivity contribution in [1.82, 2.24) is 9.21 Å². The first-order valence-electron chi connectivity index (χ1n) is 8.38. The topological polar surface area (TPSA) is 66.9 Å². The van der Waals surface area contributed by atoms with E-state index in [9.17, 15) is 13.2 Å². The van der Waals surface area contributed by atoms with E-state index in [1.54, 1.807) is 24.0 Å². The molecule has 1 fully saturated rings. The molecule has 0 aromatic heterocycles. The molecular weight excluding hydrogens is 328 g/mol. The van der Waals surface area contributed by atoms with Crippen LogP contribution < -0.4 is 0 Å². The fourth-order valence-corrected chi connectivity index (χ4v) is 4.17. The van der Waals surface area contributed by atoms with Crippen molar-refractivity contribution in [2.45, 2.75) is 38.0 Å². The Kier molecular flexibility index (Phi) is 6.23. The first-order valence-corrected chi connectivity index (χ1v) is 9.82. The molecule has 0 atom stereocenters. The van der Waals surface area contributed by atoms with Gasteiger partial charge in [0.25, 0.3) is 0 Å². The maximum Gasteiger partial charge on any atom is 0.409 e. The standard InChI is InChI=1S/C17H26N2O4S/c1-4-23-17(20)18-10-5-11-19(13-12-18)24(21,22)16-8-6-15(7-9-16)14(2)3/h6-9,14H,4-5,10-13H2,1-3H3. The van der Waals surface area contributed by atoms with Gasteiger partial charge in [0.15, 0.2) is 0 Å². The van der Waals surface area contributed by atoms with Gasteiger partial charge in [-0.3, -0.25) is 0 Å². The molecule has 0 aliphatic carbocycles. The molecule has 1 aromatic carbocycles. The van der Waals surface area contributed by atoms with Crippen molar-refractivity contribution < 1.29 is 17.9 Å². The van der Waals surface area contributed by atoms with Gasteiger partial charge >= 0.3 is 6.09 Å². The van der Waals surface area contributed by atoms with Crippen LogP contribution in [0.5, 0.6) is 0 Å². The minimum atomic E-state index is -3.53. The lowest BCUT2D eigenvalue weighted by Crippen LogP contribution is -2.37. The number of nitrogens with zero attached hydrogens (tertiary/aromatic N) is 2. The first-order chi connectivity index (χ1) is 11.4. The lowest BCUT2D eigenvalue weighted by molar-refractivity contribution is 0.109. The Labute approximate surface area is 144 Å². The molecule has 1 aromatic rings. The third-order valence-corrected chi connectivity index (χ3v) is 6.08. The number of carbonyl (C=O) groups is 1. The number of benzene rings is 1. The van der Waals surface area contributed by atoms with E-state index >= 15 is 0 Å². The summed E-state index contributed by atoms with van der Waals surface area (Å²) >= 11 is 0. The third-order valence-electron chi connectivity index (χ3n) is 4.17. The molecule has 1 aliphatic heterocycles. The van der Waals surface area contributed by atoms with Crippen LogP contribution in [-0.2, 0) is 14.8 Å². The first kappa shape index (κ1) is 18.7. The van der Waals surface area contributed by atoms with E-state index in [0.717, 1.165) is 5.56 Å². The van der Waals surface area contributed by atoms with Gasteiger partial charge in [-0.05, 0) is 37.0 Å². The Morgan fingerprint density at radius 3 is 2.38 bits per heavy atom. The van der Waals surface area contributed by atoms with Gasteiger partial charge in [0, 0.05) is 26.2 Å². The zero-order valence-corrected chi connectivity index (χ0v) is 15.4. The van der Waals surface area contributed by atoms with Gasteiger partial charge in [-0.15, -0.1) is 0 Å². The molecule has 1 heterocycles.